The van der Waals surface area contributed by atoms with Crippen molar-refractivity contribution in [2.75, 3.05) is 7.11 Å². The molecule has 0 saturated carbocycles. The predicted octanol–water partition coefficient (Wildman–Crippen LogP) is 2.50. The van der Waals surface area contributed by atoms with Crippen LogP contribution in [-0.4, -0.2) is 13.1 Å². The molecule has 16 heavy (non-hydrogen) atoms. The lowest BCUT2D eigenvalue weighted by Crippen LogP contribution is -2.13. The number of rotatable bonds is 5. The summed E-state index contributed by atoms with van der Waals surface area (Å²) in [5, 5.41) is 0. The van der Waals surface area contributed by atoms with Crippen LogP contribution in [-0.2, 0) is 4.74 Å². The first-order chi connectivity index (χ1) is 7.58. The predicted molar refractivity (Wildman–Crippen MR) is 61.0 cm³/mol. The SMILES string of the molecule is CCC(C)CC(N)c1ccc(C(=O)OC)o1. The van der Waals surface area contributed by atoms with E-state index in [1.165, 1.54) is 7.11 Å². The van der Waals surface area contributed by atoms with Gasteiger partial charge in [0.15, 0.2) is 0 Å². The molecule has 0 radical (unpaired) electrons. The van der Waals surface area contributed by atoms with Gasteiger partial charge in [0.2, 0.25) is 5.76 Å². The van der Waals surface area contributed by atoms with Crippen LogP contribution < -0.4 is 5.73 Å². The molecule has 4 heteroatoms. The van der Waals surface area contributed by atoms with Crippen molar-refractivity contribution in [1.82, 2.24) is 0 Å². The van der Waals surface area contributed by atoms with Crippen LogP contribution in [0.25, 0.3) is 0 Å². The largest absolute Gasteiger partial charge is 0.463 e. The Labute approximate surface area is 95.8 Å². The minimum Gasteiger partial charge on any atom is -0.463 e. The van der Waals surface area contributed by atoms with Gasteiger partial charge in [0.1, 0.15) is 5.76 Å². The van der Waals surface area contributed by atoms with E-state index in [9.17, 15) is 4.79 Å². The van der Waals surface area contributed by atoms with Crippen LogP contribution in [0, 0.1) is 5.92 Å². The van der Waals surface area contributed by atoms with Crippen molar-refractivity contribution in [2.24, 2.45) is 11.7 Å². The van der Waals surface area contributed by atoms with E-state index in [4.69, 9.17) is 10.2 Å². The van der Waals surface area contributed by atoms with E-state index in [-0.39, 0.29) is 11.8 Å². The number of furan rings is 1. The average Bonchev–Trinajstić information content (AvgIpc) is 2.77. The van der Waals surface area contributed by atoms with Crippen LogP contribution >= 0.6 is 0 Å². The number of carbonyl (C=O) groups excluding carboxylic acids is 1. The highest BCUT2D eigenvalue weighted by Crippen LogP contribution is 2.22. The maximum Gasteiger partial charge on any atom is 0.373 e. The maximum absolute atomic E-state index is 11.2. The second-order valence-electron chi connectivity index (χ2n) is 4.05. The van der Waals surface area contributed by atoms with E-state index in [1.807, 2.05) is 0 Å². The molecule has 2 atom stereocenters. The van der Waals surface area contributed by atoms with Gasteiger partial charge in [0.05, 0.1) is 13.2 Å². The van der Waals surface area contributed by atoms with Gasteiger partial charge in [0, 0.05) is 0 Å². The van der Waals surface area contributed by atoms with Crippen LogP contribution in [0.5, 0.6) is 0 Å². The molecule has 0 bridgehead atoms. The fourth-order valence-electron chi connectivity index (χ4n) is 1.48. The fourth-order valence-corrected chi connectivity index (χ4v) is 1.48. The van der Waals surface area contributed by atoms with Gasteiger partial charge in [-0.2, -0.15) is 0 Å². The maximum atomic E-state index is 11.2. The molecule has 0 aliphatic rings. The zero-order chi connectivity index (χ0) is 12.1. The third kappa shape index (κ3) is 3.10. The van der Waals surface area contributed by atoms with Gasteiger partial charge in [-0.15, -0.1) is 0 Å². The van der Waals surface area contributed by atoms with Crippen molar-refractivity contribution in [3.8, 4) is 0 Å². The minimum atomic E-state index is -0.470. The number of ether oxygens (including phenoxy) is 1. The van der Waals surface area contributed by atoms with Gasteiger partial charge in [-0.05, 0) is 24.5 Å². The molecule has 4 nitrogen and oxygen atoms in total. The van der Waals surface area contributed by atoms with Crippen molar-refractivity contribution >= 4 is 5.97 Å². The molecule has 0 aliphatic heterocycles. The molecule has 0 spiro atoms. The van der Waals surface area contributed by atoms with E-state index in [0.717, 1.165) is 12.8 Å². The Morgan fingerprint density at radius 2 is 2.25 bits per heavy atom. The van der Waals surface area contributed by atoms with E-state index in [1.54, 1.807) is 12.1 Å². The Morgan fingerprint density at radius 1 is 1.56 bits per heavy atom. The van der Waals surface area contributed by atoms with Gasteiger partial charge < -0.3 is 14.9 Å². The highest BCUT2D eigenvalue weighted by atomic mass is 16.5. The number of esters is 1. The first-order valence-electron chi connectivity index (χ1n) is 5.52. The highest BCUT2D eigenvalue weighted by molar-refractivity contribution is 5.86. The molecular formula is C12H19NO3. The summed E-state index contributed by atoms with van der Waals surface area (Å²) >= 11 is 0. The van der Waals surface area contributed by atoms with Crippen molar-refractivity contribution in [2.45, 2.75) is 32.7 Å². The van der Waals surface area contributed by atoms with Gasteiger partial charge in [-0.3, -0.25) is 0 Å². The van der Waals surface area contributed by atoms with Crippen LogP contribution in [0.2, 0.25) is 0 Å². The summed E-state index contributed by atoms with van der Waals surface area (Å²) in [6.07, 6.45) is 1.93. The van der Waals surface area contributed by atoms with Gasteiger partial charge in [-0.1, -0.05) is 20.3 Å². The number of hydrogen-bond acceptors (Lipinski definition) is 4. The standard InChI is InChI=1S/C12H19NO3/c1-4-8(2)7-9(13)10-5-6-11(16-10)12(14)15-3/h5-6,8-9H,4,7,13H2,1-3H3. The van der Waals surface area contributed by atoms with Crippen LogP contribution in [0.4, 0.5) is 0 Å². The van der Waals surface area contributed by atoms with Crippen LogP contribution in [0.15, 0.2) is 16.5 Å². The zero-order valence-corrected chi connectivity index (χ0v) is 10.0. The fraction of sp³-hybridized carbons (Fsp3) is 0.583. The lowest BCUT2D eigenvalue weighted by Gasteiger charge is -2.13. The molecule has 0 fully saturated rings. The molecule has 0 aliphatic carbocycles. The second-order valence-corrected chi connectivity index (χ2v) is 4.05. The molecule has 0 amide bonds. The molecule has 1 aromatic heterocycles. The second kappa shape index (κ2) is 5.70. The summed E-state index contributed by atoms with van der Waals surface area (Å²) in [5.41, 5.74) is 5.98. The number of carbonyl (C=O) groups is 1. The van der Waals surface area contributed by atoms with E-state index >= 15 is 0 Å². The molecule has 2 unspecified atom stereocenters. The first-order valence-corrected chi connectivity index (χ1v) is 5.52. The normalized spacial score (nSPS) is 14.5. The van der Waals surface area contributed by atoms with Gasteiger partial charge in [0.25, 0.3) is 0 Å². The Morgan fingerprint density at radius 3 is 2.81 bits per heavy atom. The van der Waals surface area contributed by atoms with Gasteiger partial charge in [-0.25, -0.2) is 4.79 Å². The summed E-state index contributed by atoms with van der Waals surface area (Å²) in [7, 11) is 1.32. The molecule has 0 saturated heterocycles. The lowest BCUT2D eigenvalue weighted by molar-refractivity contribution is 0.0562. The van der Waals surface area contributed by atoms with E-state index in [0.29, 0.717) is 11.7 Å². The molecule has 1 rings (SSSR count). The Kier molecular flexibility index (Phi) is 4.55. The monoisotopic (exact) mass is 225 g/mol. The Bertz CT molecular complexity index is 346. The third-order valence-corrected chi connectivity index (χ3v) is 2.73. The lowest BCUT2D eigenvalue weighted by atomic mass is 9.99. The molecular weight excluding hydrogens is 206 g/mol. The summed E-state index contributed by atoms with van der Waals surface area (Å²) in [6, 6.07) is 3.17. The molecule has 90 valence electrons. The quantitative estimate of drug-likeness (QED) is 0.782. The Balaban J connectivity index is 2.66. The third-order valence-electron chi connectivity index (χ3n) is 2.73. The van der Waals surface area contributed by atoms with Crippen molar-refractivity contribution < 1.29 is 13.9 Å². The highest BCUT2D eigenvalue weighted by Gasteiger charge is 2.17. The Hall–Kier alpha value is -1.29. The van der Waals surface area contributed by atoms with Crippen molar-refractivity contribution in [3.63, 3.8) is 0 Å². The summed E-state index contributed by atoms with van der Waals surface area (Å²) in [6.45, 7) is 4.27. The van der Waals surface area contributed by atoms with Crippen LogP contribution in [0.1, 0.15) is 49.0 Å². The van der Waals surface area contributed by atoms with Crippen molar-refractivity contribution in [3.05, 3.63) is 23.7 Å². The van der Waals surface area contributed by atoms with Crippen LogP contribution in [0.3, 0.4) is 0 Å². The number of hydrogen-bond donors (Lipinski definition) is 1. The smallest absolute Gasteiger partial charge is 0.373 e. The molecule has 1 heterocycles. The molecule has 1 aromatic rings. The van der Waals surface area contributed by atoms with Crippen molar-refractivity contribution in [1.29, 1.82) is 0 Å². The van der Waals surface area contributed by atoms with Gasteiger partial charge >= 0.3 is 5.97 Å². The zero-order valence-electron chi connectivity index (χ0n) is 10.0. The summed E-state index contributed by atoms with van der Waals surface area (Å²) in [5.74, 6) is 0.918. The topological polar surface area (TPSA) is 65.5 Å². The van der Waals surface area contributed by atoms with E-state index < -0.39 is 5.97 Å². The van der Waals surface area contributed by atoms with E-state index in [2.05, 4.69) is 18.6 Å². The summed E-state index contributed by atoms with van der Waals surface area (Å²) in [4.78, 5) is 11.2. The molecule has 0 aromatic carbocycles. The molecule has 2 N–H and O–H groups in total. The summed E-state index contributed by atoms with van der Waals surface area (Å²) < 4.78 is 9.90. The number of methoxy groups -OCH3 is 1. The first kappa shape index (κ1) is 12.8. The average molecular weight is 225 g/mol. The minimum absolute atomic E-state index is 0.159. The number of nitrogens with two attached hydrogens (primary N) is 1.